The smallest absolute Gasteiger partial charge is 0.271 e. The van der Waals surface area contributed by atoms with Crippen molar-refractivity contribution in [2.75, 3.05) is 51.0 Å². The highest BCUT2D eigenvalue weighted by molar-refractivity contribution is 5.93. The number of nitrogens with zero attached hydrogens (tertiary/aromatic N) is 6. The molecule has 1 N–H and O–H groups in total. The minimum absolute atomic E-state index is 0.210. The fourth-order valence-electron chi connectivity index (χ4n) is 4.33. The minimum Gasteiger partial charge on any atom is -0.381 e. The van der Waals surface area contributed by atoms with E-state index in [2.05, 4.69) is 34.4 Å². The number of anilines is 1. The van der Waals surface area contributed by atoms with Gasteiger partial charge in [-0.15, -0.1) is 0 Å². The second-order valence-electron chi connectivity index (χ2n) is 9.00. The van der Waals surface area contributed by atoms with Crippen LogP contribution in [-0.4, -0.2) is 76.3 Å². The standard InChI is InChI=1S/C25H27N7O3/c1-17-3-2-4-19(11-17)20-5-6-31(28-20)22-13-24(30-7-9-34-10-8-30)32-23(27-22)12-21(29-32)25(33)26-14-18-15-35-16-18/h2-6,11-13,18H,7-10,14-16H2,1H3,(H,26,33). The lowest BCUT2D eigenvalue weighted by Gasteiger charge is -2.29. The fraction of sp³-hybridized carbons (Fsp3) is 0.360. The molecule has 180 valence electrons. The number of fused-ring (bicyclic) bond motifs is 1. The van der Waals surface area contributed by atoms with E-state index in [1.54, 1.807) is 15.3 Å². The third-order valence-electron chi connectivity index (χ3n) is 6.36. The molecule has 0 aliphatic carbocycles. The van der Waals surface area contributed by atoms with E-state index in [1.165, 1.54) is 5.56 Å². The molecule has 0 radical (unpaired) electrons. The fourth-order valence-corrected chi connectivity index (χ4v) is 4.33. The Morgan fingerprint density at radius 1 is 1.09 bits per heavy atom. The van der Waals surface area contributed by atoms with E-state index in [9.17, 15) is 4.79 Å². The molecular weight excluding hydrogens is 446 g/mol. The van der Waals surface area contributed by atoms with Crippen LogP contribution in [0.2, 0.25) is 0 Å². The summed E-state index contributed by atoms with van der Waals surface area (Å²) in [5, 5.41) is 12.3. The van der Waals surface area contributed by atoms with Gasteiger partial charge >= 0.3 is 0 Å². The lowest BCUT2D eigenvalue weighted by Crippen LogP contribution is -2.39. The van der Waals surface area contributed by atoms with Gasteiger partial charge in [-0.1, -0.05) is 23.8 Å². The van der Waals surface area contributed by atoms with Gasteiger partial charge in [0.25, 0.3) is 5.91 Å². The maximum absolute atomic E-state index is 12.8. The van der Waals surface area contributed by atoms with E-state index in [1.807, 2.05) is 30.5 Å². The highest BCUT2D eigenvalue weighted by Gasteiger charge is 2.23. The molecule has 0 spiro atoms. The summed E-state index contributed by atoms with van der Waals surface area (Å²) >= 11 is 0. The number of rotatable bonds is 6. The number of hydrogen-bond donors (Lipinski definition) is 1. The quantitative estimate of drug-likeness (QED) is 0.458. The first-order chi connectivity index (χ1) is 17.1. The molecule has 5 heterocycles. The molecule has 35 heavy (non-hydrogen) atoms. The van der Waals surface area contributed by atoms with Gasteiger partial charge in [-0.05, 0) is 19.1 Å². The number of aromatic nitrogens is 5. The average Bonchev–Trinajstić information content (AvgIpc) is 3.51. The van der Waals surface area contributed by atoms with E-state index >= 15 is 0 Å². The topological polar surface area (TPSA) is 98.8 Å². The van der Waals surface area contributed by atoms with Crippen LogP contribution in [0.1, 0.15) is 16.1 Å². The summed E-state index contributed by atoms with van der Waals surface area (Å²) < 4.78 is 14.2. The normalized spacial score (nSPS) is 16.4. The molecular formula is C25H27N7O3. The predicted octanol–water partition coefficient (Wildman–Crippen LogP) is 2.10. The second kappa shape index (κ2) is 9.12. The molecule has 2 aliphatic heterocycles. The molecule has 0 saturated carbocycles. The molecule has 10 heteroatoms. The lowest BCUT2D eigenvalue weighted by molar-refractivity contribution is -0.0299. The molecule has 6 rings (SSSR count). The van der Waals surface area contributed by atoms with Crippen molar-refractivity contribution < 1.29 is 14.3 Å². The zero-order valence-corrected chi connectivity index (χ0v) is 19.6. The number of benzene rings is 1. The van der Waals surface area contributed by atoms with Crippen molar-refractivity contribution in [3.63, 3.8) is 0 Å². The van der Waals surface area contributed by atoms with Crippen LogP contribution in [0, 0.1) is 12.8 Å². The Kier molecular flexibility index (Phi) is 5.67. The van der Waals surface area contributed by atoms with Crippen molar-refractivity contribution in [1.29, 1.82) is 0 Å². The van der Waals surface area contributed by atoms with Crippen LogP contribution < -0.4 is 10.2 Å². The summed E-state index contributed by atoms with van der Waals surface area (Å²) in [7, 11) is 0. The van der Waals surface area contributed by atoms with Crippen molar-refractivity contribution in [2.45, 2.75) is 6.92 Å². The first kappa shape index (κ1) is 21.8. The Bertz CT molecular complexity index is 1370. The summed E-state index contributed by atoms with van der Waals surface area (Å²) in [5.41, 5.74) is 4.04. The number of carbonyl (C=O) groups excluding carboxylic acids is 1. The van der Waals surface area contributed by atoms with Crippen LogP contribution in [0.3, 0.4) is 0 Å². The van der Waals surface area contributed by atoms with Crippen molar-refractivity contribution >= 4 is 17.4 Å². The summed E-state index contributed by atoms with van der Waals surface area (Å²) in [6.07, 6.45) is 1.91. The zero-order chi connectivity index (χ0) is 23.8. The Labute approximate surface area is 202 Å². The Morgan fingerprint density at radius 3 is 2.71 bits per heavy atom. The molecule has 0 atom stereocenters. The van der Waals surface area contributed by atoms with Crippen LogP contribution in [0.4, 0.5) is 5.82 Å². The number of hydrogen-bond acceptors (Lipinski definition) is 7. The van der Waals surface area contributed by atoms with E-state index in [-0.39, 0.29) is 5.91 Å². The van der Waals surface area contributed by atoms with E-state index in [4.69, 9.17) is 19.6 Å². The van der Waals surface area contributed by atoms with E-state index < -0.39 is 0 Å². The Hall–Kier alpha value is -3.76. The molecule has 1 amide bonds. The summed E-state index contributed by atoms with van der Waals surface area (Å²) in [6, 6.07) is 13.9. The summed E-state index contributed by atoms with van der Waals surface area (Å²) in [5.74, 6) is 1.67. The van der Waals surface area contributed by atoms with Gasteiger partial charge in [0.05, 0.1) is 32.1 Å². The van der Waals surface area contributed by atoms with Crippen molar-refractivity contribution in [3.8, 4) is 17.1 Å². The van der Waals surface area contributed by atoms with Gasteiger partial charge in [0.1, 0.15) is 5.82 Å². The molecule has 2 aliphatic rings. The number of aryl methyl sites for hydroxylation is 1. The van der Waals surface area contributed by atoms with Gasteiger partial charge in [0.2, 0.25) is 0 Å². The third-order valence-corrected chi connectivity index (χ3v) is 6.36. The molecule has 0 bridgehead atoms. The maximum atomic E-state index is 12.8. The second-order valence-corrected chi connectivity index (χ2v) is 9.00. The number of ether oxygens (including phenoxy) is 2. The molecule has 4 aromatic rings. The number of amides is 1. The lowest BCUT2D eigenvalue weighted by atomic mass is 10.1. The third kappa shape index (κ3) is 4.38. The van der Waals surface area contributed by atoms with Crippen LogP contribution in [-0.2, 0) is 9.47 Å². The van der Waals surface area contributed by atoms with Crippen LogP contribution in [0.5, 0.6) is 0 Å². The van der Waals surface area contributed by atoms with Gasteiger partial charge in [-0.3, -0.25) is 4.79 Å². The summed E-state index contributed by atoms with van der Waals surface area (Å²) in [4.78, 5) is 19.8. The zero-order valence-electron chi connectivity index (χ0n) is 19.6. The molecule has 2 fully saturated rings. The van der Waals surface area contributed by atoms with Crippen molar-refractivity contribution in [3.05, 3.63) is 59.9 Å². The first-order valence-corrected chi connectivity index (χ1v) is 11.9. The van der Waals surface area contributed by atoms with E-state index in [0.717, 1.165) is 30.2 Å². The van der Waals surface area contributed by atoms with Gasteiger partial charge < -0.3 is 19.7 Å². The SMILES string of the molecule is Cc1cccc(-c2ccn(-c3cc(N4CCOCC4)n4nc(C(=O)NCC5COC5)cc4n3)n2)c1. The highest BCUT2D eigenvalue weighted by atomic mass is 16.5. The van der Waals surface area contributed by atoms with Gasteiger partial charge in [-0.2, -0.15) is 14.7 Å². The number of carbonyl (C=O) groups is 1. The predicted molar refractivity (Wildman–Crippen MR) is 130 cm³/mol. The van der Waals surface area contributed by atoms with Crippen LogP contribution in [0.15, 0.2) is 48.7 Å². The monoisotopic (exact) mass is 473 g/mol. The van der Waals surface area contributed by atoms with Gasteiger partial charge in [-0.25, -0.2) is 9.67 Å². The maximum Gasteiger partial charge on any atom is 0.271 e. The molecule has 1 aromatic carbocycles. The van der Waals surface area contributed by atoms with Gasteiger partial charge in [0.15, 0.2) is 17.2 Å². The molecule has 10 nitrogen and oxygen atoms in total. The first-order valence-electron chi connectivity index (χ1n) is 11.9. The Balaban J connectivity index is 1.36. The van der Waals surface area contributed by atoms with Crippen molar-refractivity contribution in [2.24, 2.45) is 5.92 Å². The van der Waals surface area contributed by atoms with E-state index in [0.29, 0.717) is 56.0 Å². The van der Waals surface area contributed by atoms with Gasteiger partial charge in [0, 0.05) is 49.4 Å². The number of morpholine rings is 1. The van der Waals surface area contributed by atoms with Crippen molar-refractivity contribution in [1.82, 2.24) is 29.7 Å². The van der Waals surface area contributed by atoms with Crippen LogP contribution >= 0.6 is 0 Å². The highest BCUT2D eigenvalue weighted by Crippen LogP contribution is 2.24. The number of nitrogens with one attached hydrogen (secondary N) is 1. The summed E-state index contributed by atoms with van der Waals surface area (Å²) in [6.45, 7) is 6.75. The minimum atomic E-state index is -0.210. The molecule has 2 saturated heterocycles. The molecule has 3 aromatic heterocycles. The Morgan fingerprint density at radius 2 is 1.94 bits per heavy atom. The molecule has 0 unspecified atom stereocenters. The van der Waals surface area contributed by atoms with Crippen LogP contribution in [0.25, 0.3) is 22.7 Å². The average molecular weight is 474 g/mol. The largest absolute Gasteiger partial charge is 0.381 e.